The van der Waals surface area contributed by atoms with Crippen molar-refractivity contribution >= 4 is 13.6 Å². The SMILES string of the molecule is C[As+](C)(C)CCCCCCCCCCCCCCCCCO. The molecule has 0 aliphatic heterocycles. The summed E-state index contributed by atoms with van der Waals surface area (Å²) in [6.45, 7) is 0.374. The van der Waals surface area contributed by atoms with Gasteiger partial charge in [0.25, 0.3) is 0 Å². The molecule has 0 bridgehead atoms. The Morgan fingerprint density at radius 3 is 1.00 bits per heavy atom. The molecule has 0 spiro atoms. The summed E-state index contributed by atoms with van der Waals surface area (Å²) in [7, 11) is 0. The van der Waals surface area contributed by atoms with Crippen molar-refractivity contribution in [3.05, 3.63) is 0 Å². The Labute approximate surface area is 144 Å². The zero-order valence-electron chi connectivity index (χ0n) is 15.9. The van der Waals surface area contributed by atoms with Crippen LogP contribution in [0.15, 0.2) is 0 Å². The maximum absolute atomic E-state index is 8.70. The van der Waals surface area contributed by atoms with Gasteiger partial charge in [-0.3, -0.25) is 0 Å². The summed E-state index contributed by atoms with van der Waals surface area (Å²) < 4.78 is 0. The Morgan fingerprint density at radius 2 is 0.727 bits per heavy atom. The average Bonchev–Trinajstić information content (AvgIpc) is 2.45. The fraction of sp³-hybridized carbons (Fsp3) is 1.00. The van der Waals surface area contributed by atoms with Crippen molar-refractivity contribution in [3.63, 3.8) is 0 Å². The zero-order chi connectivity index (χ0) is 16.5. The van der Waals surface area contributed by atoms with Crippen LogP contribution >= 0.6 is 0 Å². The minimum Gasteiger partial charge on any atom is -0.396 e. The van der Waals surface area contributed by atoms with E-state index in [0.717, 1.165) is 6.42 Å². The first-order chi connectivity index (χ1) is 10.6. The van der Waals surface area contributed by atoms with Gasteiger partial charge in [0, 0.05) is 6.61 Å². The van der Waals surface area contributed by atoms with Gasteiger partial charge in [0.1, 0.15) is 0 Å². The number of aliphatic hydroxyl groups excluding tert-OH is 1. The van der Waals surface area contributed by atoms with Crippen molar-refractivity contribution in [2.24, 2.45) is 0 Å². The van der Waals surface area contributed by atoms with Crippen molar-refractivity contribution in [3.8, 4) is 0 Å². The third-order valence-corrected chi connectivity index (χ3v) is 7.97. The van der Waals surface area contributed by atoms with E-state index >= 15 is 0 Å². The molecule has 134 valence electrons. The molecule has 2 heteroatoms. The molecule has 0 aromatic carbocycles. The first kappa shape index (κ1) is 22.5. The normalized spacial score (nSPS) is 12.0. The third-order valence-electron chi connectivity index (χ3n) is 4.49. The van der Waals surface area contributed by atoms with Crippen molar-refractivity contribution in [2.45, 2.75) is 119 Å². The zero-order valence-corrected chi connectivity index (χ0v) is 17.8. The van der Waals surface area contributed by atoms with Crippen LogP contribution in [0.1, 0.15) is 96.3 Å². The van der Waals surface area contributed by atoms with Gasteiger partial charge in [0.15, 0.2) is 0 Å². The molecular weight excluding hydrogens is 331 g/mol. The molecule has 0 fully saturated rings. The van der Waals surface area contributed by atoms with E-state index in [-0.39, 0.29) is 0 Å². The first-order valence-corrected chi connectivity index (χ1v) is 16.9. The Bertz CT molecular complexity index is 210. The molecule has 1 nitrogen and oxygen atoms in total. The molecule has 0 aromatic heterocycles. The van der Waals surface area contributed by atoms with Gasteiger partial charge in [-0.25, -0.2) is 0 Å². The maximum atomic E-state index is 8.70. The van der Waals surface area contributed by atoms with Gasteiger partial charge in [0.2, 0.25) is 0 Å². The molecule has 0 aromatic rings. The quantitative estimate of drug-likeness (QED) is 0.211. The number of unbranched alkanes of at least 4 members (excludes halogenated alkanes) is 14. The number of aliphatic hydroxyl groups is 1. The third kappa shape index (κ3) is 20.5. The molecule has 22 heavy (non-hydrogen) atoms. The van der Waals surface area contributed by atoms with E-state index in [1.54, 1.807) is 5.21 Å². The second-order valence-corrected chi connectivity index (χ2v) is 18.6. The van der Waals surface area contributed by atoms with E-state index in [2.05, 4.69) is 17.1 Å². The molecule has 0 saturated heterocycles. The second kappa shape index (κ2) is 16.4. The van der Waals surface area contributed by atoms with Crippen LogP contribution in [0.2, 0.25) is 22.3 Å². The van der Waals surface area contributed by atoms with Crippen molar-refractivity contribution < 1.29 is 5.11 Å². The van der Waals surface area contributed by atoms with Gasteiger partial charge < -0.3 is 5.11 Å². The fourth-order valence-electron chi connectivity index (χ4n) is 3.00. The van der Waals surface area contributed by atoms with E-state index < -0.39 is 13.6 Å². The smallest absolute Gasteiger partial charge is 0.396 e. The number of hydrogen-bond acceptors (Lipinski definition) is 1. The minimum absolute atomic E-state index is 0.374. The summed E-state index contributed by atoms with van der Waals surface area (Å²) in [5.74, 6) is 0. The standard InChI is InChI=1S/C20H44AsO/c1-21(2,3)19-17-15-13-11-9-7-5-4-6-8-10-12-14-16-18-20-22/h22H,4-20H2,1-3H3/q+1. The summed E-state index contributed by atoms with van der Waals surface area (Å²) >= 11 is -1.08. The predicted molar refractivity (Wildman–Crippen MR) is 104 cm³/mol. The van der Waals surface area contributed by atoms with Crippen LogP contribution in [-0.2, 0) is 0 Å². The van der Waals surface area contributed by atoms with Crippen LogP contribution < -0.4 is 0 Å². The molecule has 0 aliphatic rings. The van der Waals surface area contributed by atoms with Gasteiger partial charge in [-0.1, -0.05) is 19.3 Å². The van der Waals surface area contributed by atoms with E-state index in [1.807, 2.05) is 0 Å². The fourth-order valence-corrected chi connectivity index (χ4v) is 5.46. The molecular formula is C20H44AsO+. The molecule has 0 aliphatic carbocycles. The summed E-state index contributed by atoms with van der Waals surface area (Å²) in [6, 6.07) is 0. The van der Waals surface area contributed by atoms with E-state index in [0.29, 0.717) is 6.61 Å². The van der Waals surface area contributed by atoms with Crippen molar-refractivity contribution in [2.75, 3.05) is 6.61 Å². The van der Waals surface area contributed by atoms with Gasteiger partial charge in [-0.05, 0) is 6.42 Å². The number of hydrogen-bond donors (Lipinski definition) is 1. The van der Waals surface area contributed by atoms with E-state index in [4.69, 9.17) is 5.11 Å². The second-order valence-electron chi connectivity index (χ2n) is 8.04. The van der Waals surface area contributed by atoms with Gasteiger partial charge >= 0.3 is 107 Å². The Kier molecular flexibility index (Phi) is 16.8. The predicted octanol–water partition coefficient (Wildman–Crippen LogP) is 7.17. The van der Waals surface area contributed by atoms with Crippen LogP contribution in [0.3, 0.4) is 0 Å². The minimum atomic E-state index is -1.08. The molecule has 0 rings (SSSR count). The van der Waals surface area contributed by atoms with Crippen LogP contribution in [0.5, 0.6) is 0 Å². The molecule has 0 saturated carbocycles. The van der Waals surface area contributed by atoms with Crippen LogP contribution in [0.4, 0.5) is 0 Å². The Hall–Kier alpha value is 0.518. The average molecular weight is 375 g/mol. The van der Waals surface area contributed by atoms with Gasteiger partial charge in [0.05, 0.1) is 0 Å². The molecule has 0 radical (unpaired) electrons. The molecule has 0 unspecified atom stereocenters. The molecule has 0 heterocycles. The summed E-state index contributed by atoms with van der Waals surface area (Å²) in [5, 5.41) is 10.3. The Balaban J connectivity index is 3.00. The van der Waals surface area contributed by atoms with Gasteiger partial charge in [-0.2, -0.15) is 0 Å². The molecule has 0 amide bonds. The summed E-state index contributed by atoms with van der Waals surface area (Å²) in [5.41, 5.74) is 7.56. The summed E-state index contributed by atoms with van der Waals surface area (Å²) in [4.78, 5) is 0. The number of rotatable bonds is 17. The topological polar surface area (TPSA) is 20.2 Å². The van der Waals surface area contributed by atoms with Crippen LogP contribution in [-0.4, -0.2) is 25.3 Å². The van der Waals surface area contributed by atoms with E-state index in [9.17, 15) is 0 Å². The van der Waals surface area contributed by atoms with Crippen LogP contribution in [0, 0.1) is 0 Å². The Morgan fingerprint density at radius 1 is 0.455 bits per heavy atom. The van der Waals surface area contributed by atoms with Gasteiger partial charge in [-0.15, -0.1) is 0 Å². The van der Waals surface area contributed by atoms with E-state index in [1.165, 1.54) is 89.9 Å². The monoisotopic (exact) mass is 375 g/mol. The molecule has 1 N–H and O–H groups in total. The van der Waals surface area contributed by atoms with Crippen molar-refractivity contribution in [1.82, 2.24) is 0 Å². The van der Waals surface area contributed by atoms with Crippen molar-refractivity contribution in [1.29, 1.82) is 0 Å². The van der Waals surface area contributed by atoms with Crippen LogP contribution in [0.25, 0.3) is 0 Å². The first-order valence-electron chi connectivity index (χ1n) is 9.97. The molecule has 0 atom stereocenters. The summed E-state index contributed by atoms with van der Waals surface area (Å²) in [6.07, 6.45) is 21.0.